The van der Waals surface area contributed by atoms with Crippen molar-refractivity contribution >= 4 is 69.9 Å². The number of hydrogen-bond acceptors (Lipinski definition) is 8. The second-order valence-corrected chi connectivity index (χ2v) is 20.2. The van der Waals surface area contributed by atoms with Crippen LogP contribution in [-0.4, -0.2) is 67.0 Å². The summed E-state index contributed by atoms with van der Waals surface area (Å²) in [5, 5.41) is 0. The second kappa shape index (κ2) is 17.4. The summed E-state index contributed by atoms with van der Waals surface area (Å²) < 4.78 is 95.7. The van der Waals surface area contributed by atoms with E-state index in [0.29, 0.717) is 24.2 Å². The standard InChI is InChI=1S/C50H44F6N8O6S2/c1-29-41(43(67)63(57(29)3)31-17-9-7-10-18-31)61-37(65)27-71-47(61)39-33(49(51,52)53)21-15-23-35(39)59(45(47)69)25-13-5-6-14-26-60-36-24-16-22-34(50(54,55)56)40(36)48(46(60)70)62(38(66)28-72-48)42-30(2)58(4)64(44(42)68)32-19-11-8-12-20-32/h7-12,15-24H,5-6,13-14,25-28H2,1-4H3. The summed E-state index contributed by atoms with van der Waals surface area (Å²) in [7, 11) is 3.14. The van der Waals surface area contributed by atoms with Gasteiger partial charge in [0.05, 0.1) is 56.8 Å². The van der Waals surface area contributed by atoms with Crippen molar-refractivity contribution in [2.75, 3.05) is 44.2 Å². The number of para-hydroxylation sites is 2. The molecule has 2 unspecified atom stereocenters. The van der Waals surface area contributed by atoms with Gasteiger partial charge in [0.2, 0.25) is 21.6 Å². The lowest BCUT2D eigenvalue weighted by molar-refractivity contribution is -0.139. The molecule has 72 heavy (non-hydrogen) atoms. The van der Waals surface area contributed by atoms with E-state index in [1.807, 2.05) is 0 Å². The van der Waals surface area contributed by atoms with Crippen LogP contribution in [0.3, 0.4) is 0 Å². The molecule has 4 aromatic carbocycles. The average Bonchev–Trinajstić information content (AvgIpc) is 4.11. The van der Waals surface area contributed by atoms with E-state index in [-0.39, 0.29) is 60.1 Å². The molecule has 10 rings (SSSR count). The molecule has 0 N–H and O–H groups in total. The molecule has 2 aromatic heterocycles. The van der Waals surface area contributed by atoms with Crippen molar-refractivity contribution in [1.82, 2.24) is 18.7 Å². The summed E-state index contributed by atoms with van der Waals surface area (Å²) >= 11 is 1.44. The van der Waals surface area contributed by atoms with Crippen LogP contribution in [0.15, 0.2) is 107 Å². The van der Waals surface area contributed by atoms with Crippen LogP contribution in [0.5, 0.6) is 0 Å². The van der Waals surface area contributed by atoms with Gasteiger partial charge >= 0.3 is 12.4 Å². The lowest BCUT2D eigenvalue weighted by atomic mass is 9.98. The van der Waals surface area contributed by atoms with E-state index in [0.717, 1.165) is 45.5 Å². The molecular formula is C50H44F6N8O6S2. The van der Waals surface area contributed by atoms with Crippen molar-refractivity contribution in [1.29, 1.82) is 0 Å². The zero-order valence-corrected chi connectivity index (χ0v) is 40.6. The largest absolute Gasteiger partial charge is 0.416 e. The molecule has 22 heteroatoms. The Morgan fingerprint density at radius 2 is 0.861 bits per heavy atom. The summed E-state index contributed by atoms with van der Waals surface area (Å²) in [5.74, 6) is -3.90. The second-order valence-electron chi connectivity index (χ2n) is 17.9. The van der Waals surface area contributed by atoms with Crippen LogP contribution in [0.2, 0.25) is 0 Å². The average molecular weight is 1030 g/mol. The molecule has 0 radical (unpaired) electrons. The van der Waals surface area contributed by atoms with E-state index in [1.165, 1.54) is 52.8 Å². The predicted octanol–water partition coefficient (Wildman–Crippen LogP) is 8.14. The van der Waals surface area contributed by atoms with Crippen LogP contribution in [-0.2, 0) is 55.4 Å². The van der Waals surface area contributed by atoms with Crippen LogP contribution in [0.4, 0.5) is 49.1 Å². The van der Waals surface area contributed by atoms with Crippen LogP contribution < -0.4 is 30.7 Å². The predicted molar refractivity (Wildman–Crippen MR) is 261 cm³/mol. The summed E-state index contributed by atoms with van der Waals surface area (Å²) in [5.41, 5.74) is -3.85. The molecule has 14 nitrogen and oxygen atoms in total. The summed E-state index contributed by atoms with van der Waals surface area (Å²) in [6, 6.07) is 23.7. The number of carbonyl (C=O) groups excluding carboxylic acids is 4. The maximum Gasteiger partial charge on any atom is 0.416 e. The fourth-order valence-corrected chi connectivity index (χ4v) is 13.4. The fourth-order valence-electron chi connectivity index (χ4n) is 10.7. The zero-order valence-electron chi connectivity index (χ0n) is 39.0. The topological polar surface area (TPSA) is 135 Å². The van der Waals surface area contributed by atoms with Gasteiger partial charge < -0.3 is 9.80 Å². The Morgan fingerprint density at radius 3 is 1.21 bits per heavy atom. The molecule has 2 atom stereocenters. The zero-order chi connectivity index (χ0) is 51.4. The minimum Gasteiger partial charge on any atom is -0.309 e. The highest BCUT2D eigenvalue weighted by atomic mass is 32.2. The summed E-state index contributed by atoms with van der Waals surface area (Å²) in [6.07, 6.45) is -8.82. The van der Waals surface area contributed by atoms with E-state index < -0.39 is 90.6 Å². The number of rotatable bonds is 11. The molecule has 4 aliphatic heterocycles. The number of alkyl halides is 6. The van der Waals surface area contributed by atoms with Crippen molar-refractivity contribution < 1.29 is 45.5 Å². The molecule has 374 valence electrons. The first-order valence-corrected chi connectivity index (χ1v) is 24.8. The molecule has 0 saturated carbocycles. The Kier molecular flexibility index (Phi) is 11.8. The number of unbranched alkanes of at least 4 members (excludes halogenated alkanes) is 3. The van der Waals surface area contributed by atoms with Gasteiger partial charge in [0.25, 0.3) is 22.9 Å². The fraction of sp³-hybridized carbons (Fsp3) is 0.320. The molecule has 2 fully saturated rings. The smallest absolute Gasteiger partial charge is 0.309 e. The molecule has 2 saturated heterocycles. The molecular weight excluding hydrogens is 987 g/mol. The third kappa shape index (κ3) is 7.02. The summed E-state index contributed by atoms with van der Waals surface area (Å²) in [6.45, 7) is 2.89. The first-order chi connectivity index (χ1) is 34.2. The molecule has 6 heterocycles. The SMILES string of the molecule is Cc1c(N2C(=O)CSC23C(=O)N(CCCCCCN2C(=O)C4(SCC(=O)N4c4c(C)n(C)n(-c5ccccc5)c4=O)c4c2cccc4C(F)(F)F)c2cccc(C(F)(F)F)c23)c(=O)n(-c2ccccc2)n1C. The lowest BCUT2D eigenvalue weighted by Crippen LogP contribution is -2.52. The molecule has 6 aromatic rings. The molecule has 4 aliphatic rings. The van der Waals surface area contributed by atoms with Crippen LogP contribution in [0.1, 0.15) is 59.3 Å². The van der Waals surface area contributed by atoms with E-state index in [1.54, 1.807) is 88.6 Å². The Morgan fingerprint density at radius 1 is 0.500 bits per heavy atom. The Hall–Kier alpha value is -6.94. The minimum absolute atomic E-state index is 0.0682. The minimum atomic E-state index is -4.96. The van der Waals surface area contributed by atoms with Crippen LogP contribution >= 0.6 is 23.5 Å². The monoisotopic (exact) mass is 1030 g/mol. The number of halogens is 6. The van der Waals surface area contributed by atoms with Gasteiger partial charge in [0, 0.05) is 38.3 Å². The van der Waals surface area contributed by atoms with Crippen LogP contribution in [0, 0.1) is 13.8 Å². The first kappa shape index (κ1) is 48.7. The number of benzene rings is 4. The van der Waals surface area contributed by atoms with Gasteiger partial charge in [0.1, 0.15) is 11.4 Å². The summed E-state index contributed by atoms with van der Waals surface area (Å²) in [4.78, 5) is 86.3. The lowest BCUT2D eigenvalue weighted by Gasteiger charge is -2.33. The van der Waals surface area contributed by atoms with Crippen molar-refractivity contribution in [2.24, 2.45) is 14.1 Å². The quantitative estimate of drug-likeness (QED) is 0.0939. The number of anilines is 4. The Bertz CT molecular complexity index is 3150. The van der Waals surface area contributed by atoms with Crippen molar-refractivity contribution in [2.45, 2.75) is 61.6 Å². The number of fused-ring (bicyclic) bond motifs is 4. The maximum atomic E-state index is 15.0. The Balaban J connectivity index is 0.926. The molecule has 0 bridgehead atoms. The van der Waals surface area contributed by atoms with Gasteiger partial charge in [-0.15, -0.1) is 23.5 Å². The maximum absolute atomic E-state index is 15.0. The molecule has 2 spiro atoms. The van der Waals surface area contributed by atoms with Crippen molar-refractivity contribution in [3.8, 4) is 11.4 Å². The number of carbonyl (C=O) groups is 4. The number of thioether (sulfide) groups is 2. The number of aromatic nitrogens is 4. The number of amides is 4. The first-order valence-electron chi connectivity index (χ1n) is 22.9. The Labute approximate surface area is 415 Å². The molecule has 0 aliphatic carbocycles. The third-order valence-electron chi connectivity index (χ3n) is 14.0. The highest BCUT2D eigenvalue weighted by Gasteiger charge is 2.66. The number of hydrogen-bond donors (Lipinski definition) is 0. The van der Waals surface area contributed by atoms with E-state index in [9.17, 15) is 28.8 Å². The van der Waals surface area contributed by atoms with Crippen molar-refractivity contribution in [3.05, 3.63) is 151 Å². The highest BCUT2D eigenvalue weighted by molar-refractivity contribution is 8.02. The van der Waals surface area contributed by atoms with Gasteiger partial charge in [-0.2, -0.15) is 26.3 Å². The van der Waals surface area contributed by atoms with E-state index >= 15 is 26.3 Å². The van der Waals surface area contributed by atoms with E-state index in [4.69, 9.17) is 0 Å². The van der Waals surface area contributed by atoms with Crippen LogP contribution in [0.25, 0.3) is 11.4 Å². The van der Waals surface area contributed by atoms with Gasteiger partial charge in [-0.05, 0) is 75.2 Å². The molecule has 4 amide bonds. The van der Waals surface area contributed by atoms with Gasteiger partial charge in [-0.3, -0.25) is 47.9 Å². The van der Waals surface area contributed by atoms with E-state index in [2.05, 4.69) is 0 Å². The van der Waals surface area contributed by atoms with Gasteiger partial charge in [0.15, 0.2) is 0 Å². The van der Waals surface area contributed by atoms with Gasteiger partial charge in [-0.25, -0.2) is 9.36 Å². The number of nitrogens with zero attached hydrogens (tertiary/aromatic N) is 8. The normalized spacial score (nSPS) is 19.9. The van der Waals surface area contributed by atoms with Gasteiger partial charge in [-0.1, -0.05) is 61.4 Å². The third-order valence-corrected chi connectivity index (χ3v) is 16.7. The van der Waals surface area contributed by atoms with Crippen molar-refractivity contribution in [3.63, 3.8) is 0 Å². The highest BCUT2D eigenvalue weighted by Crippen LogP contribution is 2.60.